The molecule has 0 spiro atoms. The molecule has 3 heterocycles. The van der Waals surface area contributed by atoms with Gasteiger partial charge in [-0.15, -0.1) is 22.7 Å². The lowest BCUT2D eigenvalue weighted by Crippen LogP contribution is -2.07. The highest BCUT2D eigenvalue weighted by molar-refractivity contribution is 7.15. The number of carbonyl (C=O) groups excluding carboxylic acids is 1. The second kappa shape index (κ2) is 6.43. The highest BCUT2D eigenvalue weighted by atomic mass is 32.1. The number of nitrogens with one attached hydrogen (secondary N) is 1. The molecule has 0 aliphatic rings. The zero-order chi connectivity index (χ0) is 16.4. The van der Waals surface area contributed by atoms with Gasteiger partial charge in [0.25, 0.3) is 0 Å². The zero-order valence-corrected chi connectivity index (χ0v) is 14.2. The Balaban J connectivity index is 1.52. The third kappa shape index (κ3) is 3.15. The first kappa shape index (κ1) is 14.9. The fourth-order valence-corrected chi connectivity index (χ4v) is 3.67. The number of anilines is 1. The summed E-state index contributed by atoms with van der Waals surface area (Å²) >= 11 is 3.19. The number of fused-ring (bicyclic) bond motifs is 1. The predicted molar refractivity (Wildman–Crippen MR) is 100 cm³/mol. The number of amides is 1. The van der Waals surface area contributed by atoms with E-state index in [1.807, 2.05) is 70.0 Å². The Morgan fingerprint density at radius 1 is 1.17 bits per heavy atom. The van der Waals surface area contributed by atoms with E-state index in [0.717, 1.165) is 26.8 Å². The van der Waals surface area contributed by atoms with Gasteiger partial charge in [-0.3, -0.25) is 9.20 Å². The Labute approximate surface area is 146 Å². The summed E-state index contributed by atoms with van der Waals surface area (Å²) in [4.78, 5) is 18.6. The molecule has 0 radical (unpaired) electrons. The van der Waals surface area contributed by atoms with Crippen LogP contribution >= 0.6 is 22.7 Å². The number of benzene rings is 1. The number of hydrogen-bond donors (Lipinski definition) is 1. The van der Waals surface area contributed by atoms with Crippen LogP contribution in [0.15, 0.2) is 65.6 Å². The summed E-state index contributed by atoms with van der Waals surface area (Å²) in [7, 11) is 0. The first-order valence-corrected chi connectivity index (χ1v) is 9.09. The first-order valence-electron chi connectivity index (χ1n) is 7.33. The maximum Gasteiger partial charge on any atom is 0.248 e. The SMILES string of the molecule is O=C(/C=C/c1cccs1)Nc1cccc(-c2cn3ccsc3n2)c1. The zero-order valence-electron chi connectivity index (χ0n) is 12.5. The summed E-state index contributed by atoms with van der Waals surface area (Å²) < 4.78 is 2.00. The Morgan fingerprint density at radius 3 is 2.96 bits per heavy atom. The van der Waals surface area contributed by atoms with Crippen LogP contribution in [0.1, 0.15) is 4.88 Å². The van der Waals surface area contributed by atoms with Gasteiger partial charge in [-0.2, -0.15) is 0 Å². The molecule has 4 rings (SSSR count). The molecule has 6 heteroatoms. The van der Waals surface area contributed by atoms with Crippen molar-refractivity contribution in [2.75, 3.05) is 5.32 Å². The topological polar surface area (TPSA) is 46.4 Å². The van der Waals surface area contributed by atoms with E-state index in [-0.39, 0.29) is 5.91 Å². The van der Waals surface area contributed by atoms with Gasteiger partial charge >= 0.3 is 0 Å². The van der Waals surface area contributed by atoms with Gasteiger partial charge in [0, 0.05) is 40.0 Å². The fourth-order valence-electron chi connectivity index (χ4n) is 2.35. The van der Waals surface area contributed by atoms with Crippen molar-refractivity contribution in [3.63, 3.8) is 0 Å². The van der Waals surface area contributed by atoms with E-state index >= 15 is 0 Å². The third-order valence-corrected chi connectivity index (χ3v) is 5.07. The molecule has 0 fully saturated rings. The molecule has 4 aromatic rings. The molecule has 0 saturated carbocycles. The van der Waals surface area contributed by atoms with Gasteiger partial charge in [-0.1, -0.05) is 18.2 Å². The van der Waals surface area contributed by atoms with Crippen LogP contribution < -0.4 is 5.32 Å². The number of nitrogens with zero attached hydrogens (tertiary/aromatic N) is 2. The number of hydrogen-bond acceptors (Lipinski definition) is 4. The molecule has 0 aliphatic carbocycles. The molecule has 1 N–H and O–H groups in total. The third-order valence-electron chi connectivity index (χ3n) is 3.46. The summed E-state index contributed by atoms with van der Waals surface area (Å²) in [6, 6.07) is 11.6. The minimum atomic E-state index is -0.147. The Bertz CT molecular complexity index is 983. The van der Waals surface area contributed by atoms with Crippen LogP contribution in [0.4, 0.5) is 5.69 Å². The second-order valence-electron chi connectivity index (χ2n) is 5.14. The van der Waals surface area contributed by atoms with E-state index in [1.54, 1.807) is 28.7 Å². The van der Waals surface area contributed by atoms with Crippen LogP contribution in [-0.4, -0.2) is 15.3 Å². The van der Waals surface area contributed by atoms with Crippen molar-refractivity contribution in [2.24, 2.45) is 0 Å². The van der Waals surface area contributed by atoms with Crippen LogP contribution in [0, 0.1) is 0 Å². The average Bonchev–Trinajstić information content (AvgIpc) is 3.30. The smallest absolute Gasteiger partial charge is 0.248 e. The van der Waals surface area contributed by atoms with Gasteiger partial charge in [0.15, 0.2) is 4.96 Å². The Morgan fingerprint density at radius 2 is 2.12 bits per heavy atom. The first-order chi connectivity index (χ1) is 11.8. The van der Waals surface area contributed by atoms with Crippen molar-refractivity contribution in [3.8, 4) is 11.3 Å². The van der Waals surface area contributed by atoms with Crippen molar-refractivity contribution < 1.29 is 4.79 Å². The van der Waals surface area contributed by atoms with Gasteiger partial charge in [0.2, 0.25) is 5.91 Å². The molecular weight excluding hydrogens is 338 g/mol. The number of aromatic nitrogens is 2. The molecular formula is C18H13N3OS2. The summed E-state index contributed by atoms with van der Waals surface area (Å²) in [5, 5.41) is 6.87. The summed E-state index contributed by atoms with van der Waals surface area (Å²) in [6.07, 6.45) is 7.33. The van der Waals surface area contributed by atoms with Crippen molar-refractivity contribution in [1.82, 2.24) is 9.38 Å². The quantitative estimate of drug-likeness (QED) is 0.538. The van der Waals surface area contributed by atoms with Crippen LogP contribution in [-0.2, 0) is 4.79 Å². The van der Waals surface area contributed by atoms with Crippen molar-refractivity contribution in [1.29, 1.82) is 0 Å². The van der Waals surface area contributed by atoms with Crippen molar-refractivity contribution in [3.05, 3.63) is 70.5 Å². The number of imidazole rings is 1. The molecule has 118 valence electrons. The van der Waals surface area contributed by atoms with Gasteiger partial charge in [0.05, 0.1) is 5.69 Å². The predicted octanol–water partition coefficient (Wildman–Crippen LogP) is 4.78. The molecule has 1 amide bonds. The molecule has 3 aromatic heterocycles. The van der Waals surface area contributed by atoms with E-state index in [0.29, 0.717) is 0 Å². The minimum absolute atomic E-state index is 0.147. The van der Waals surface area contributed by atoms with Crippen LogP contribution in [0.3, 0.4) is 0 Å². The monoisotopic (exact) mass is 351 g/mol. The molecule has 0 aliphatic heterocycles. The Kier molecular flexibility index (Phi) is 3.98. The average molecular weight is 351 g/mol. The standard InChI is InChI=1S/C18H13N3OS2/c22-17(7-6-15-5-2-9-23-15)19-14-4-1-3-13(11-14)16-12-21-8-10-24-18(21)20-16/h1-12H,(H,19,22)/b7-6+. The van der Waals surface area contributed by atoms with E-state index in [9.17, 15) is 4.79 Å². The highest BCUT2D eigenvalue weighted by Crippen LogP contribution is 2.24. The fraction of sp³-hybridized carbons (Fsp3) is 0. The van der Waals surface area contributed by atoms with Crippen LogP contribution in [0.25, 0.3) is 22.3 Å². The molecule has 4 nitrogen and oxygen atoms in total. The second-order valence-corrected chi connectivity index (χ2v) is 6.99. The largest absolute Gasteiger partial charge is 0.322 e. The Hall–Kier alpha value is -2.70. The summed E-state index contributed by atoms with van der Waals surface area (Å²) in [5.74, 6) is -0.147. The number of thiazole rings is 1. The normalized spacial score (nSPS) is 11.3. The molecule has 0 saturated heterocycles. The van der Waals surface area contributed by atoms with Crippen molar-refractivity contribution in [2.45, 2.75) is 0 Å². The van der Waals surface area contributed by atoms with E-state index in [1.165, 1.54) is 0 Å². The van der Waals surface area contributed by atoms with Gasteiger partial charge in [-0.05, 0) is 29.7 Å². The summed E-state index contributed by atoms with van der Waals surface area (Å²) in [5.41, 5.74) is 2.63. The maximum atomic E-state index is 12.0. The van der Waals surface area contributed by atoms with Crippen LogP contribution in [0.2, 0.25) is 0 Å². The van der Waals surface area contributed by atoms with E-state index in [2.05, 4.69) is 10.3 Å². The number of carbonyl (C=O) groups is 1. The lowest BCUT2D eigenvalue weighted by molar-refractivity contribution is -0.111. The number of thiophene rings is 1. The summed E-state index contributed by atoms with van der Waals surface area (Å²) in [6.45, 7) is 0. The maximum absolute atomic E-state index is 12.0. The highest BCUT2D eigenvalue weighted by Gasteiger charge is 2.06. The lowest BCUT2D eigenvalue weighted by Gasteiger charge is -2.04. The molecule has 24 heavy (non-hydrogen) atoms. The molecule has 0 atom stereocenters. The van der Waals surface area contributed by atoms with Gasteiger partial charge in [0.1, 0.15) is 0 Å². The molecule has 0 bridgehead atoms. The van der Waals surface area contributed by atoms with E-state index < -0.39 is 0 Å². The molecule has 1 aromatic carbocycles. The van der Waals surface area contributed by atoms with Crippen LogP contribution in [0.5, 0.6) is 0 Å². The van der Waals surface area contributed by atoms with E-state index in [4.69, 9.17) is 0 Å². The lowest BCUT2D eigenvalue weighted by atomic mass is 10.1. The number of rotatable bonds is 4. The molecule has 0 unspecified atom stereocenters. The van der Waals surface area contributed by atoms with Gasteiger partial charge < -0.3 is 5.32 Å². The van der Waals surface area contributed by atoms with Crippen molar-refractivity contribution >= 4 is 45.3 Å². The minimum Gasteiger partial charge on any atom is -0.322 e. The van der Waals surface area contributed by atoms with Gasteiger partial charge in [-0.25, -0.2) is 4.98 Å².